The molecule has 6 heteroatoms. The number of carbonyl (C=O) groups excluding carboxylic acids is 1. The van der Waals surface area contributed by atoms with Crippen molar-refractivity contribution >= 4 is 17.2 Å². The van der Waals surface area contributed by atoms with E-state index in [1.807, 2.05) is 4.90 Å². The van der Waals surface area contributed by atoms with Gasteiger partial charge >= 0.3 is 0 Å². The fourth-order valence-electron chi connectivity index (χ4n) is 3.45. The summed E-state index contributed by atoms with van der Waals surface area (Å²) in [7, 11) is 0. The van der Waals surface area contributed by atoms with E-state index < -0.39 is 0 Å². The summed E-state index contributed by atoms with van der Waals surface area (Å²) >= 11 is 1.62. The molecule has 0 aliphatic carbocycles. The maximum Gasteiger partial charge on any atom is 0.263 e. The zero-order valence-electron chi connectivity index (χ0n) is 15.0. The Hall–Kier alpha value is -1.69. The highest BCUT2D eigenvalue weighted by molar-refractivity contribution is 7.14. The van der Waals surface area contributed by atoms with Gasteiger partial charge in [0.2, 0.25) is 0 Å². The van der Waals surface area contributed by atoms with Crippen molar-refractivity contribution in [2.45, 2.75) is 58.9 Å². The van der Waals surface area contributed by atoms with Crippen molar-refractivity contribution in [2.75, 3.05) is 13.1 Å². The van der Waals surface area contributed by atoms with Crippen LogP contribution in [-0.2, 0) is 6.42 Å². The number of aryl methyl sites for hydroxylation is 2. The van der Waals surface area contributed by atoms with E-state index in [4.69, 9.17) is 0 Å². The second-order valence-corrected chi connectivity index (χ2v) is 8.08. The number of hydrogen-bond donors (Lipinski definition) is 0. The molecular formula is C18H26N4OS. The first kappa shape index (κ1) is 17.1. The van der Waals surface area contributed by atoms with Gasteiger partial charge in [-0.15, -0.1) is 21.5 Å². The number of nitrogens with zero attached hydrogens (tertiary/aromatic N) is 4. The van der Waals surface area contributed by atoms with Crippen molar-refractivity contribution in [3.63, 3.8) is 0 Å². The summed E-state index contributed by atoms with van der Waals surface area (Å²) in [5.74, 6) is 1.46. The van der Waals surface area contributed by atoms with Gasteiger partial charge in [-0.05, 0) is 51.7 Å². The molecule has 0 saturated carbocycles. The minimum Gasteiger partial charge on any atom is -0.337 e. The predicted octanol–water partition coefficient (Wildman–Crippen LogP) is 3.81. The van der Waals surface area contributed by atoms with E-state index in [1.54, 1.807) is 17.7 Å². The van der Waals surface area contributed by atoms with E-state index in [2.05, 4.69) is 48.5 Å². The summed E-state index contributed by atoms with van der Waals surface area (Å²) in [6.45, 7) is 10.1. The lowest BCUT2D eigenvalue weighted by molar-refractivity contribution is 0.0707. The molecule has 1 amide bonds. The maximum absolute atomic E-state index is 12.9. The number of hydrogen-bond acceptors (Lipinski definition) is 4. The number of amides is 1. The highest BCUT2D eigenvalue weighted by Crippen LogP contribution is 2.30. The molecule has 1 atom stereocenters. The Kier molecular flexibility index (Phi) is 5.04. The third-order valence-corrected chi connectivity index (χ3v) is 5.92. The molecule has 2 aromatic heterocycles. The Morgan fingerprint density at radius 1 is 1.46 bits per heavy atom. The Morgan fingerprint density at radius 3 is 2.92 bits per heavy atom. The lowest BCUT2D eigenvalue weighted by Crippen LogP contribution is -2.39. The number of aromatic nitrogens is 3. The van der Waals surface area contributed by atoms with Crippen LogP contribution in [0.15, 0.2) is 12.4 Å². The number of carbonyl (C=O) groups is 1. The molecule has 0 radical (unpaired) electrons. The van der Waals surface area contributed by atoms with E-state index >= 15 is 0 Å². The summed E-state index contributed by atoms with van der Waals surface area (Å²) in [6, 6.07) is 2.41. The van der Waals surface area contributed by atoms with Crippen molar-refractivity contribution in [3.8, 4) is 0 Å². The van der Waals surface area contributed by atoms with Gasteiger partial charge < -0.3 is 9.47 Å². The van der Waals surface area contributed by atoms with Gasteiger partial charge in [0, 0.05) is 29.9 Å². The lowest BCUT2D eigenvalue weighted by Gasteiger charge is -2.32. The van der Waals surface area contributed by atoms with Gasteiger partial charge in [-0.25, -0.2) is 0 Å². The van der Waals surface area contributed by atoms with E-state index in [-0.39, 0.29) is 11.8 Å². The molecular weight excluding hydrogens is 320 g/mol. The van der Waals surface area contributed by atoms with Gasteiger partial charge in [0.05, 0.1) is 4.88 Å². The maximum atomic E-state index is 12.9. The van der Waals surface area contributed by atoms with Gasteiger partial charge in [0.1, 0.15) is 12.2 Å². The molecule has 1 fully saturated rings. The smallest absolute Gasteiger partial charge is 0.263 e. The van der Waals surface area contributed by atoms with Gasteiger partial charge in [0.15, 0.2) is 0 Å². The molecule has 130 valence electrons. The van der Waals surface area contributed by atoms with Crippen molar-refractivity contribution < 1.29 is 4.79 Å². The van der Waals surface area contributed by atoms with Crippen molar-refractivity contribution in [1.82, 2.24) is 19.7 Å². The fraction of sp³-hybridized carbons (Fsp3) is 0.611. The van der Waals surface area contributed by atoms with Gasteiger partial charge in [-0.2, -0.15) is 0 Å². The standard InChI is InChI=1S/C18H26N4OS/c1-5-14-9-16(24-13(14)4)18(23)21-8-6-7-15(10-21)17-20-19-11-22(17)12(2)3/h9,11-12,15H,5-8,10H2,1-4H3. The minimum atomic E-state index is 0.170. The summed E-state index contributed by atoms with van der Waals surface area (Å²) in [5, 5.41) is 8.42. The second-order valence-electron chi connectivity index (χ2n) is 6.83. The molecule has 1 aliphatic rings. The molecule has 1 unspecified atom stereocenters. The Balaban J connectivity index is 1.77. The Labute approximate surface area is 147 Å². The Bertz CT molecular complexity index is 718. The van der Waals surface area contributed by atoms with E-state index in [0.29, 0.717) is 6.04 Å². The van der Waals surface area contributed by atoms with Crippen LogP contribution in [0.25, 0.3) is 0 Å². The molecule has 5 nitrogen and oxygen atoms in total. The van der Waals surface area contributed by atoms with Crippen LogP contribution >= 0.6 is 11.3 Å². The summed E-state index contributed by atoms with van der Waals surface area (Å²) in [5.41, 5.74) is 1.29. The molecule has 0 N–H and O–H groups in total. The normalized spacial score (nSPS) is 18.4. The van der Waals surface area contributed by atoms with Gasteiger partial charge in [-0.1, -0.05) is 6.92 Å². The molecule has 2 aromatic rings. The monoisotopic (exact) mass is 346 g/mol. The average molecular weight is 347 g/mol. The van der Waals surface area contributed by atoms with E-state index in [0.717, 1.165) is 43.1 Å². The first-order valence-electron chi connectivity index (χ1n) is 8.79. The highest BCUT2D eigenvalue weighted by Gasteiger charge is 2.29. The van der Waals surface area contributed by atoms with Crippen LogP contribution in [0.1, 0.15) is 71.5 Å². The third kappa shape index (κ3) is 3.24. The topological polar surface area (TPSA) is 51.0 Å². The molecule has 1 aliphatic heterocycles. The van der Waals surface area contributed by atoms with Crippen LogP contribution in [0.3, 0.4) is 0 Å². The number of thiophene rings is 1. The van der Waals surface area contributed by atoms with Crippen molar-refractivity contribution in [3.05, 3.63) is 33.5 Å². The largest absolute Gasteiger partial charge is 0.337 e. The summed E-state index contributed by atoms with van der Waals surface area (Å²) < 4.78 is 2.13. The van der Waals surface area contributed by atoms with Crippen molar-refractivity contribution in [2.24, 2.45) is 0 Å². The number of likely N-dealkylation sites (tertiary alicyclic amines) is 1. The molecule has 24 heavy (non-hydrogen) atoms. The van der Waals surface area contributed by atoms with Crippen LogP contribution in [0.2, 0.25) is 0 Å². The van der Waals surface area contributed by atoms with Crippen LogP contribution in [0, 0.1) is 6.92 Å². The Morgan fingerprint density at radius 2 is 2.25 bits per heavy atom. The zero-order valence-corrected chi connectivity index (χ0v) is 15.8. The van der Waals surface area contributed by atoms with Crippen molar-refractivity contribution in [1.29, 1.82) is 0 Å². The van der Waals surface area contributed by atoms with E-state index in [9.17, 15) is 4.79 Å². The highest BCUT2D eigenvalue weighted by atomic mass is 32.1. The second kappa shape index (κ2) is 7.05. The van der Waals surface area contributed by atoms with E-state index in [1.165, 1.54) is 10.4 Å². The molecule has 3 heterocycles. The molecule has 0 aromatic carbocycles. The van der Waals surface area contributed by atoms with Gasteiger partial charge in [0.25, 0.3) is 5.91 Å². The molecule has 3 rings (SSSR count). The average Bonchev–Trinajstić information content (AvgIpc) is 3.20. The summed E-state index contributed by atoms with van der Waals surface area (Å²) in [4.78, 5) is 17.0. The first-order valence-corrected chi connectivity index (χ1v) is 9.60. The van der Waals surface area contributed by atoms with Crippen LogP contribution in [0.5, 0.6) is 0 Å². The number of rotatable bonds is 4. The third-order valence-electron chi connectivity index (χ3n) is 4.84. The first-order chi connectivity index (χ1) is 11.5. The fourth-order valence-corrected chi connectivity index (χ4v) is 4.53. The molecule has 1 saturated heterocycles. The summed E-state index contributed by atoms with van der Waals surface area (Å²) in [6.07, 6.45) is 4.87. The lowest BCUT2D eigenvalue weighted by atomic mass is 9.96. The molecule has 0 spiro atoms. The molecule has 0 bridgehead atoms. The predicted molar refractivity (Wildman–Crippen MR) is 96.7 cm³/mol. The minimum absolute atomic E-state index is 0.170. The van der Waals surface area contributed by atoms with Crippen LogP contribution < -0.4 is 0 Å². The van der Waals surface area contributed by atoms with Crippen LogP contribution in [-0.4, -0.2) is 38.7 Å². The quantitative estimate of drug-likeness (QED) is 0.846. The SMILES string of the molecule is CCc1cc(C(=O)N2CCCC(c3nncn3C(C)C)C2)sc1C. The van der Waals surface area contributed by atoms with Crippen LogP contribution in [0.4, 0.5) is 0 Å². The zero-order chi connectivity index (χ0) is 17.3. The number of piperidine rings is 1. The van der Waals surface area contributed by atoms with Gasteiger partial charge in [-0.3, -0.25) is 4.79 Å².